The monoisotopic (exact) mass is 279 g/mol. The van der Waals surface area contributed by atoms with Crippen molar-refractivity contribution in [2.75, 3.05) is 17.3 Å². The van der Waals surface area contributed by atoms with Gasteiger partial charge in [-0.2, -0.15) is 0 Å². The summed E-state index contributed by atoms with van der Waals surface area (Å²) in [5.74, 6) is 6.06. The number of rotatable bonds is 5. The van der Waals surface area contributed by atoms with Gasteiger partial charge in [0.15, 0.2) is 0 Å². The predicted octanol–water partition coefficient (Wildman–Crippen LogP) is 2.66. The standard InChI is InChI=1S/C13H21N5O2/c1-13(5-3-2-4-6-13)9-15-11-7-10(18(19)20)8-12(16-11)17-14/h7-8H,2-6,9,14H2,1H3,(H2,15,16,17). The minimum absolute atomic E-state index is 0.0238. The van der Waals surface area contributed by atoms with Crippen molar-refractivity contribution in [2.24, 2.45) is 11.3 Å². The molecule has 4 N–H and O–H groups in total. The molecule has 0 radical (unpaired) electrons. The van der Waals surface area contributed by atoms with Gasteiger partial charge in [0.2, 0.25) is 0 Å². The first-order valence-corrected chi connectivity index (χ1v) is 6.89. The van der Waals surface area contributed by atoms with Crippen LogP contribution in [-0.4, -0.2) is 16.5 Å². The number of anilines is 2. The molecule has 1 saturated carbocycles. The molecule has 0 unspecified atom stereocenters. The maximum atomic E-state index is 10.9. The number of aromatic nitrogens is 1. The summed E-state index contributed by atoms with van der Waals surface area (Å²) in [4.78, 5) is 14.6. The van der Waals surface area contributed by atoms with E-state index >= 15 is 0 Å². The second kappa shape index (κ2) is 6.04. The molecule has 0 aliphatic heterocycles. The smallest absolute Gasteiger partial charge is 0.276 e. The van der Waals surface area contributed by atoms with Gasteiger partial charge in [-0.3, -0.25) is 10.1 Å². The lowest BCUT2D eigenvalue weighted by Crippen LogP contribution is -2.29. The van der Waals surface area contributed by atoms with E-state index in [1.54, 1.807) is 0 Å². The number of nitro groups is 1. The highest BCUT2D eigenvalue weighted by molar-refractivity contribution is 5.54. The highest BCUT2D eigenvalue weighted by Crippen LogP contribution is 2.35. The topological polar surface area (TPSA) is 106 Å². The van der Waals surface area contributed by atoms with E-state index in [0.29, 0.717) is 5.82 Å². The average molecular weight is 279 g/mol. The highest BCUT2D eigenvalue weighted by Gasteiger charge is 2.26. The SMILES string of the molecule is CC1(CNc2cc([N+](=O)[O-])cc(NN)n2)CCCCC1. The molecule has 7 heteroatoms. The minimum Gasteiger partial charge on any atom is -0.369 e. The summed E-state index contributed by atoms with van der Waals surface area (Å²) in [5.41, 5.74) is 2.57. The largest absolute Gasteiger partial charge is 0.369 e. The van der Waals surface area contributed by atoms with Crippen molar-refractivity contribution in [1.82, 2.24) is 4.98 Å². The second-order valence-corrected chi connectivity index (χ2v) is 5.72. The molecule has 1 aliphatic carbocycles. The molecule has 1 heterocycles. The molecule has 0 bridgehead atoms. The van der Waals surface area contributed by atoms with Crippen molar-refractivity contribution >= 4 is 17.3 Å². The van der Waals surface area contributed by atoms with Crippen molar-refractivity contribution in [3.63, 3.8) is 0 Å². The van der Waals surface area contributed by atoms with Gasteiger partial charge in [-0.15, -0.1) is 0 Å². The van der Waals surface area contributed by atoms with Gasteiger partial charge >= 0.3 is 0 Å². The fraction of sp³-hybridized carbons (Fsp3) is 0.615. The maximum absolute atomic E-state index is 10.9. The molecular formula is C13H21N5O2. The number of pyridine rings is 1. The van der Waals surface area contributed by atoms with E-state index in [9.17, 15) is 10.1 Å². The first kappa shape index (κ1) is 14.5. The molecule has 1 aromatic heterocycles. The van der Waals surface area contributed by atoms with Crippen LogP contribution in [0.1, 0.15) is 39.0 Å². The third kappa shape index (κ3) is 3.57. The van der Waals surface area contributed by atoms with E-state index < -0.39 is 4.92 Å². The number of nitrogens with two attached hydrogens (primary N) is 1. The lowest BCUT2D eigenvalue weighted by atomic mass is 9.76. The van der Waals surface area contributed by atoms with Crippen LogP contribution in [0.15, 0.2) is 12.1 Å². The fourth-order valence-corrected chi connectivity index (χ4v) is 2.67. The van der Waals surface area contributed by atoms with Gasteiger partial charge in [-0.25, -0.2) is 10.8 Å². The van der Waals surface area contributed by atoms with Crippen molar-refractivity contribution < 1.29 is 4.92 Å². The zero-order valence-electron chi connectivity index (χ0n) is 11.7. The Labute approximate surface area is 118 Å². The molecule has 0 saturated heterocycles. The summed E-state index contributed by atoms with van der Waals surface area (Å²) in [6, 6.07) is 2.75. The van der Waals surface area contributed by atoms with Gasteiger partial charge in [0.25, 0.3) is 5.69 Å². The van der Waals surface area contributed by atoms with Gasteiger partial charge in [-0.05, 0) is 18.3 Å². The molecule has 20 heavy (non-hydrogen) atoms. The minimum atomic E-state index is -0.448. The summed E-state index contributed by atoms with van der Waals surface area (Å²) in [5, 5.41) is 14.1. The lowest BCUT2D eigenvalue weighted by Gasteiger charge is -2.33. The molecule has 0 atom stereocenters. The normalized spacial score (nSPS) is 17.5. The number of hydrogen-bond acceptors (Lipinski definition) is 6. The third-order valence-electron chi connectivity index (χ3n) is 3.93. The van der Waals surface area contributed by atoms with Crippen molar-refractivity contribution in [2.45, 2.75) is 39.0 Å². The lowest BCUT2D eigenvalue weighted by molar-refractivity contribution is -0.384. The Balaban J connectivity index is 2.08. The van der Waals surface area contributed by atoms with Crippen LogP contribution >= 0.6 is 0 Å². The van der Waals surface area contributed by atoms with E-state index in [4.69, 9.17) is 5.84 Å². The Morgan fingerprint density at radius 1 is 1.35 bits per heavy atom. The van der Waals surface area contributed by atoms with E-state index in [2.05, 4.69) is 22.7 Å². The Hall–Kier alpha value is -1.89. The Morgan fingerprint density at radius 2 is 2.00 bits per heavy atom. The molecule has 1 fully saturated rings. The molecule has 0 aromatic carbocycles. The molecule has 2 rings (SSSR count). The van der Waals surface area contributed by atoms with Crippen LogP contribution in [0.4, 0.5) is 17.3 Å². The van der Waals surface area contributed by atoms with Crippen LogP contribution in [0.3, 0.4) is 0 Å². The Kier molecular flexibility index (Phi) is 4.39. The molecular weight excluding hydrogens is 258 g/mol. The number of hydrazine groups is 1. The zero-order chi connectivity index (χ0) is 14.6. The van der Waals surface area contributed by atoms with Gasteiger partial charge in [-0.1, -0.05) is 26.2 Å². The molecule has 110 valence electrons. The highest BCUT2D eigenvalue weighted by atomic mass is 16.6. The molecule has 0 spiro atoms. The fourth-order valence-electron chi connectivity index (χ4n) is 2.67. The number of nitrogens with one attached hydrogen (secondary N) is 2. The van der Waals surface area contributed by atoms with Crippen LogP contribution in [0.25, 0.3) is 0 Å². The molecule has 0 amide bonds. The molecule has 1 aliphatic rings. The Morgan fingerprint density at radius 3 is 2.60 bits per heavy atom. The summed E-state index contributed by atoms with van der Waals surface area (Å²) in [6.45, 7) is 3.02. The van der Waals surface area contributed by atoms with E-state index in [-0.39, 0.29) is 16.9 Å². The molecule has 7 nitrogen and oxygen atoms in total. The van der Waals surface area contributed by atoms with E-state index in [0.717, 1.165) is 6.54 Å². The Bertz CT molecular complexity index is 486. The summed E-state index contributed by atoms with van der Waals surface area (Å²) >= 11 is 0. The number of nitrogen functional groups attached to an aromatic ring is 1. The zero-order valence-corrected chi connectivity index (χ0v) is 11.7. The second-order valence-electron chi connectivity index (χ2n) is 5.72. The first-order valence-electron chi connectivity index (χ1n) is 6.89. The van der Waals surface area contributed by atoms with Gasteiger partial charge in [0.1, 0.15) is 11.6 Å². The summed E-state index contributed by atoms with van der Waals surface area (Å²) < 4.78 is 0. The summed E-state index contributed by atoms with van der Waals surface area (Å²) in [6.07, 6.45) is 6.14. The van der Waals surface area contributed by atoms with E-state index in [1.165, 1.54) is 44.2 Å². The third-order valence-corrected chi connectivity index (χ3v) is 3.93. The van der Waals surface area contributed by atoms with Crippen molar-refractivity contribution in [3.05, 3.63) is 22.2 Å². The molecule has 1 aromatic rings. The van der Waals surface area contributed by atoms with Gasteiger partial charge < -0.3 is 10.7 Å². The quantitative estimate of drug-likeness (QED) is 0.434. The number of hydrogen-bond donors (Lipinski definition) is 3. The van der Waals surface area contributed by atoms with Crippen LogP contribution in [0, 0.1) is 15.5 Å². The van der Waals surface area contributed by atoms with Gasteiger partial charge in [0, 0.05) is 6.54 Å². The van der Waals surface area contributed by atoms with Crippen LogP contribution < -0.4 is 16.6 Å². The van der Waals surface area contributed by atoms with Crippen molar-refractivity contribution in [1.29, 1.82) is 0 Å². The maximum Gasteiger partial charge on any atom is 0.276 e. The van der Waals surface area contributed by atoms with Crippen LogP contribution in [0.2, 0.25) is 0 Å². The van der Waals surface area contributed by atoms with Crippen molar-refractivity contribution in [3.8, 4) is 0 Å². The number of nitrogens with zero attached hydrogens (tertiary/aromatic N) is 2. The van der Waals surface area contributed by atoms with Crippen LogP contribution in [-0.2, 0) is 0 Å². The van der Waals surface area contributed by atoms with Gasteiger partial charge in [0.05, 0.1) is 17.1 Å². The first-order chi connectivity index (χ1) is 9.52. The van der Waals surface area contributed by atoms with E-state index in [1.807, 2.05) is 0 Å². The predicted molar refractivity (Wildman–Crippen MR) is 78.4 cm³/mol. The van der Waals surface area contributed by atoms with Crippen LogP contribution in [0.5, 0.6) is 0 Å². The average Bonchev–Trinajstić information content (AvgIpc) is 2.45. The summed E-state index contributed by atoms with van der Waals surface area (Å²) in [7, 11) is 0.